The van der Waals surface area contributed by atoms with Gasteiger partial charge in [-0.1, -0.05) is 18.2 Å². The standard InChI is InChI=1S/C18H27NO4/c1-3-4-14-5-6-17(18(11-14)22-2)23-13-16(21)12-19-9-7-15(20)8-10-19/h3-6,11,15-16,20-21H,7-10,12-13H2,1-2H3. The highest BCUT2D eigenvalue weighted by Crippen LogP contribution is 2.28. The van der Waals surface area contributed by atoms with E-state index in [9.17, 15) is 10.2 Å². The molecule has 1 saturated heterocycles. The second-order valence-corrected chi connectivity index (χ2v) is 5.91. The fourth-order valence-corrected chi connectivity index (χ4v) is 2.74. The Morgan fingerprint density at radius 2 is 2.04 bits per heavy atom. The minimum atomic E-state index is -0.565. The van der Waals surface area contributed by atoms with Crippen molar-refractivity contribution in [3.8, 4) is 11.5 Å². The molecule has 5 nitrogen and oxygen atoms in total. The first kappa shape index (κ1) is 17.8. The van der Waals surface area contributed by atoms with Crippen LogP contribution in [0.15, 0.2) is 24.3 Å². The van der Waals surface area contributed by atoms with E-state index in [-0.39, 0.29) is 12.7 Å². The molecule has 1 atom stereocenters. The van der Waals surface area contributed by atoms with E-state index in [4.69, 9.17) is 9.47 Å². The second-order valence-electron chi connectivity index (χ2n) is 5.91. The summed E-state index contributed by atoms with van der Waals surface area (Å²) >= 11 is 0. The molecule has 0 saturated carbocycles. The molecule has 1 aromatic carbocycles. The Labute approximate surface area is 138 Å². The quantitative estimate of drug-likeness (QED) is 0.803. The van der Waals surface area contributed by atoms with Crippen LogP contribution in [-0.2, 0) is 0 Å². The van der Waals surface area contributed by atoms with Gasteiger partial charge in [-0.3, -0.25) is 0 Å². The van der Waals surface area contributed by atoms with Gasteiger partial charge in [0.05, 0.1) is 13.2 Å². The maximum absolute atomic E-state index is 10.1. The number of allylic oxidation sites excluding steroid dienone is 1. The summed E-state index contributed by atoms with van der Waals surface area (Å²) in [7, 11) is 1.61. The lowest BCUT2D eigenvalue weighted by Crippen LogP contribution is -2.41. The molecule has 5 heteroatoms. The Hall–Kier alpha value is -1.56. The molecule has 0 amide bonds. The Balaban J connectivity index is 1.84. The van der Waals surface area contributed by atoms with Crippen LogP contribution in [0.4, 0.5) is 0 Å². The van der Waals surface area contributed by atoms with E-state index in [1.54, 1.807) is 7.11 Å². The monoisotopic (exact) mass is 321 g/mol. The van der Waals surface area contributed by atoms with Gasteiger partial charge in [-0.2, -0.15) is 0 Å². The summed E-state index contributed by atoms with van der Waals surface area (Å²) in [4.78, 5) is 2.16. The van der Waals surface area contributed by atoms with Crippen molar-refractivity contribution in [2.75, 3.05) is 33.4 Å². The number of β-amino-alcohol motifs (C(OH)–C–C–N with tert-alkyl or cyclic N) is 1. The highest BCUT2D eigenvalue weighted by atomic mass is 16.5. The average molecular weight is 321 g/mol. The molecule has 23 heavy (non-hydrogen) atoms. The lowest BCUT2D eigenvalue weighted by Gasteiger charge is -2.30. The van der Waals surface area contributed by atoms with Crippen LogP contribution in [0.2, 0.25) is 0 Å². The highest BCUT2D eigenvalue weighted by Gasteiger charge is 2.19. The van der Waals surface area contributed by atoms with Gasteiger partial charge in [0, 0.05) is 19.6 Å². The molecule has 0 spiro atoms. The number of likely N-dealkylation sites (tertiary alicyclic amines) is 1. The van der Waals surface area contributed by atoms with E-state index in [1.165, 1.54) is 0 Å². The fourth-order valence-electron chi connectivity index (χ4n) is 2.74. The molecule has 1 unspecified atom stereocenters. The topological polar surface area (TPSA) is 62.2 Å². The molecule has 0 aromatic heterocycles. The number of methoxy groups -OCH3 is 1. The third-order valence-corrected chi connectivity index (χ3v) is 4.00. The molecule has 1 aliphatic rings. The molecule has 1 aromatic rings. The van der Waals surface area contributed by atoms with Crippen LogP contribution in [0.5, 0.6) is 11.5 Å². The molecule has 128 valence electrons. The number of aliphatic hydroxyl groups excluding tert-OH is 2. The molecule has 1 aliphatic heterocycles. The third-order valence-electron chi connectivity index (χ3n) is 4.00. The Morgan fingerprint density at radius 3 is 2.70 bits per heavy atom. The number of piperidine rings is 1. The lowest BCUT2D eigenvalue weighted by molar-refractivity contribution is 0.0333. The van der Waals surface area contributed by atoms with Gasteiger partial charge in [-0.25, -0.2) is 0 Å². The number of ether oxygens (including phenoxy) is 2. The largest absolute Gasteiger partial charge is 0.493 e. The van der Waals surface area contributed by atoms with Crippen LogP contribution < -0.4 is 9.47 Å². The first-order valence-electron chi connectivity index (χ1n) is 8.14. The summed E-state index contributed by atoms with van der Waals surface area (Å²) in [5.41, 5.74) is 1.05. The van der Waals surface area contributed by atoms with E-state index in [2.05, 4.69) is 4.90 Å². The SMILES string of the molecule is CC=Cc1ccc(OCC(O)CN2CCC(O)CC2)c(OC)c1. The van der Waals surface area contributed by atoms with Crippen LogP contribution in [0.25, 0.3) is 6.08 Å². The van der Waals surface area contributed by atoms with E-state index < -0.39 is 6.10 Å². The van der Waals surface area contributed by atoms with Crippen molar-refractivity contribution >= 4 is 6.08 Å². The van der Waals surface area contributed by atoms with Crippen LogP contribution in [0.3, 0.4) is 0 Å². The number of hydrogen-bond donors (Lipinski definition) is 2. The zero-order chi connectivity index (χ0) is 16.7. The number of benzene rings is 1. The van der Waals surface area contributed by atoms with E-state index in [0.717, 1.165) is 31.5 Å². The summed E-state index contributed by atoms with van der Waals surface area (Å²) in [6.07, 6.45) is 4.74. The minimum Gasteiger partial charge on any atom is -0.493 e. The van der Waals surface area contributed by atoms with Gasteiger partial charge in [0.25, 0.3) is 0 Å². The van der Waals surface area contributed by atoms with E-state index >= 15 is 0 Å². The van der Waals surface area contributed by atoms with Crippen molar-refractivity contribution in [2.45, 2.75) is 32.0 Å². The molecule has 0 aliphatic carbocycles. The smallest absolute Gasteiger partial charge is 0.161 e. The maximum atomic E-state index is 10.1. The van der Waals surface area contributed by atoms with Crippen molar-refractivity contribution in [3.63, 3.8) is 0 Å². The molecular formula is C18H27NO4. The summed E-state index contributed by atoms with van der Waals surface area (Å²) in [5.74, 6) is 1.29. The van der Waals surface area contributed by atoms with Gasteiger partial charge in [0.2, 0.25) is 0 Å². The Kier molecular flexibility index (Phi) is 6.89. The maximum Gasteiger partial charge on any atom is 0.161 e. The molecule has 0 bridgehead atoms. The summed E-state index contributed by atoms with van der Waals surface area (Å²) in [6.45, 7) is 4.39. The normalized spacial score (nSPS) is 18.3. The van der Waals surface area contributed by atoms with Gasteiger partial charge in [-0.05, 0) is 37.5 Å². The number of nitrogens with zero attached hydrogens (tertiary/aromatic N) is 1. The number of hydrogen-bond acceptors (Lipinski definition) is 5. The van der Waals surface area contributed by atoms with E-state index in [0.29, 0.717) is 18.0 Å². The lowest BCUT2D eigenvalue weighted by atomic mass is 10.1. The van der Waals surface area contributed by atoms with Crippen LogP contribution >= 0.6 is 0 Å². The van der Waals surface area contributed by atoms with Crippen LogP contribution in [0, 0.1) is 0 Å². The number of rotatable bonds is 7. The van der Waals surface area contributed by atoms with Crippen molar-refractivity contribution in [1.82, 2.24) is 4.90 Å². The van der Waals surface area contributed by atoms with Gasteiger partial charge < -0.3 is 24.6 Å². The zero-order valence-corrected chi connectivity index (χ0v) is 13.9. The van der Waals surface area contributed by atoms with Gasteiger partial charge in [0.15, 0.2) is 11.5 Å². The first-order valence-corrected chi connectivity index (χ1v) is 8.14. The summed E-state index contributed by atoms with van der Waals surface area (Å²) < 4.78 is 11.1. The number of aliphatic hydroxyl groups is 2. The van der Waals surface area contributed by atoms with E-state index in [1.807, 2.05) is 37.3 Å². The van der Waals surface area contributed by atoms with Crippen molar-refractivity contribution in [2.24, 2.45) is 0 Å². The van der Waals surface area contributed by atoms with Crippen molar-refractivity contribution < 1.29 is 19.7 Å². The Bertz CT molecular complexity index is 510. The fraction of sp³-hybridized carbons (Fsp3) is 0.556. The summed E-state index contributed by atoms with van der Waals surface area (Å²) in [6, 6.07) is 5.72. The molecule has 0 radical (unpaired) electrons. The van der Waals surface area contributed by atoms with Crippen molar-refractivity contribution in [1.29, 1.82) is 0 Å². The second kappa shape index (κ2) is 8.91. The zero-order valence-electron chi connectivity index (χ0n) is 13.9. The van der Waals surface area contributed by atoms with Gasteiger partial charge in [-0.15, -0.1) is 0 Å². The predicted octanol–water partition coefficient (Wildman–Crippen LogP) is 1.92. The molecule has 1 heterocycles. The first-order chi connectivity index (χ1) is 11.1. The molecule has 2 N–H and O–H groups in total. The third kappa shape index (κ3) is 5.53. The molecular weight excluding hydrogens is 294 g/mol. The van der Waals surface area contributed by atoms with Crippen LogP contribution in [0.1, 0.15) is 25.3 Å². The van der Waals surface area contributed by atoms with Crippen molar-refractivity contribution in [3.05, 3.63) is 29.8 Å². The minimum absolute atomic E-state index is 0.195. The van der Waals surface area contributed by atoms with Gasteiger partial charge in [0.1, 0.15) is 12.7 Å². The molecule has 1 fully saturated rings. The highest BCUT2D eigenvalue weighted by molar-refractivity contribution is 5.55. The Morgan fingerprint density at radius 1 is 1.30 bits per heavy atom. The predicted molar refractivity (Wildman–Crippen MR) is 90.9 cm³/mol. The molecule has 2 rings (SSSR count). The average Bonchev–Trinajstić information content (AvgIpc) is 2.56. The van der Waals surface area contributed by atoms with Crippen LogP contribution in [-0.4, -0.2) is 60.7 Å². The van der Waals surface area contributed by atoms with Gasteiger partial charge >= 0.3 is 0 Å². The summed E-state index contributed by atoms with van der Waals surface area (Å²) in [5, 5.41) is 19.6.